The second kappa shape index (κ2) is 13.8. The van der Waals surface area contributed by atoms with Crippen LogP contribution in [-0.2, 0) is 26.0 Å². The van der Waals surface area contributed by atoms with Crippen molar-refractivity contribution in [1.29, 1.82) is 0 Å². The van der Waals surface area contributed by atoms with Gasteiger partial charge in [-0.25, -0.2) is 12.8 Å². The molecule has 11 heteroatoms. The molecule has 0 aliphatic rings. The summed E-state index contributed by atoms with van der Waals surface area (Å²) in [7, 11) is -1.55. The van der Waals surface area contributed by atoms with Gasteiger partial charge in [0.25, 0.3) is 10.0 Å². The largest absolute Gasteiger partial charge is 0.493 e. The fourth-order valence-corrected chi connectivity index (χ4v) is 5.56. The summed E-state index contributed by atoms with van der Waals surface area (Å²) in [6.45, 7) is 3.29. The number of amides is 2. The van der Waals surface area contributed by atoms with Gasteiger partial charge in [-0.2, -0.15) is 0 Å². The molecule has 0 heterocycles. The highest BCUT2D eigenvalue weighted by molar-refractivity contribution is 7.92. The van der Waals surface area contributed by atoms with Crippen molar-refractivity contribution in [2.24, 2.45) is 0 Å². The molecular formula is C29H34FN3O6S. The number of benzene rings is 3. The number of likely N-dealkylation sites (N-methyl/N-ethyl adjacent to an activating group) is 1. The third-order valence-electron chi connectivity index (χ3n) is 6.34. The molecule has 9 nitrogen and oxygen atoms in total. The number of halogens is 1. The minimum atomic E-state index is -4.35. The number of nitrogens with one attached hydrogen (secondary N) is 1. The molecule has 0 aliphatic carbocycles. The highest BCUT2D eigenvalue weighted by atomic mass is 32.2. The zero-order valence-electron chi connectivity index (χ0n) is 23.0. The zero-order valence-corrected chi connectivity index (χ0v) is 23.8. The SMILES string of the molecule is CCNC(=O)C(C)N(CCc1ccccc1)C(=O)CN(c1ccc(F)cc1)S(=O)(=O)c1ccc(OC)c(OC)c1. The van der Waals surface area contributed by atoms with Crippen molar-refractivity contribution in [2.45, 2.75) is 31.2 Å². The maximum Gasteiger partial charge on any atom is 0.264 e. The topological polar surface area (TPSA) is 105 Å². The lowest BCUT2D eigenvalue weighted by molar-refractivity contribution is -0.138. The molecule has 2 amide bonds. The Bertz CT molecular complexity index is 1400. The molecule has 214 valence electrons. The van der Waals surface area contributed by atoms with Crippen molar-refractivity contribution >= 4 is 27.5 Å². The van der Waals surface area contributed by atoms with Crippen molar-refractivity contribution in [3.8, 4) is 11.5 Å². The van der Waals surface area contributed by atoms with Crippen LogP contribution in [0.3, 0.4) is 0 Å². The van der Waals surface area contributed by atoms with E-state index in [9.17, 15) is 22.4 Å². The smallest absolute Gasteiger partial charge is 0.264 e. The average molecular weight is 572 g/mol. The van der Waals surface area contributed by atoms with Gasteiger partial charge in [-0.15, -0.1) is 0 Å². The lowest BCUT2D eigenvalue weighted by Crippen LogP contribution is -2.52. The molecule has 40 heavy (non-hydrogen) atoms. The van der Waals surface area contributed by atoms with Crippen LogP contribution in [0, 0.1) is 5.82 Å². The molecule has 3 aromatic rings. The molecule has 3 aromatic carbocycles. The first kappa shape index (κ1) is 30.4. The van der Waals surface area contributed by atoms with Crippen molar-refractivity contribution < 1.29 is 31.9 Å². The quantitative estimate of drug-likeness (QED) is 0.336. The highest BCUT2D eigenvalue weighted by Crippen LogP contribution is 2.32. The molecule has 1 atom stereocenters. The van der Waals surface area contributed by atoms with E-state index in [-0.39, 0.29) is 28.8 Å². The summed E-state index contributed by atoms with van der Waals surface area (Å²) in [5.41, 5.74) is 1.04. The molecule has 0 aromatic heterocycles. The van der Waals surface area contributed by atoms with Gasteiger partial charge in [-0.05, 0) is 62.2 Å². The zero-order chi connectivity index (χ0) is 29.3. The number of carbonyl (C=O) groups is 2. The number of rotatable bonds is 13. The van der Waals surface area contributed by atoms with E-state index in [1.54, 1.807) is 13.8 Å². The third kappa shape index (κ3) is 7.29. The van der Waals surface area contributed by atoms with Gasteiger partial charge in [-0.3, -0.25) is 13.9 Å². The molecular weight excluding hydrogens is 537 g/mol. The fourth-order valence-electron chi connectivity index (χ4n) is 4.13. The second-order valence-corrected chi connectivity index (χ2v) is 10.8. The predicted molar refractivity (Wildman–Crippen MR) is 150 cm³/mol. The van der Waals surface area contributed by atoms with Gasteiger partial charge in [-0.1, -0.05) is 30.3 Å². The minimum absolute atomic E-state index is 0.0817. The van der Waals surface area contributed by atoms with Gasteiger partial charge in [0.15, 0.2) is 11.5 Å². The van der Waals surface area contributed by atoms with Crippen LogP contribution in [0.5, 0.6) is 11.5 Å². The molecule has 1 N–H and O–H groups in total. The monoisotopic (exact) mass is 571 g/mol. The standard InChI is InChI=1S/C29H34FN3O6S/c1-5-31-29(35)21(2)32(18-17-22-9-7-6-8-10-22)28(34)20-33(24-13-11-23(30)12-14-24)40(36,37)25-15-16-26(38-3)27(19-25)39-4/h6-16,19,21H,5,17-18,20H2,1-4H3,(H,31,35). The van der Waals surface area contributed by atoms with Crippen LogP contribution in [-0.4, -0.2) is 65.0 Å². The molecule has 1 unspecified atom stereocenters. The van der Waals surface area contributed by atoms with Gasteiger partial charge in [0.2, 0.25) is 11.8 Å². The number of methoxy groups -OCH3 is 2. The number of anilines is 1. The first-order valence-corrected chi connectivity index (χ1v) is 14.2. The Labute approximate surface area is 234 Å². The maximum atomic E-state index is 13.9. The van der Waals surface area contributed by atoms with E-state index in [1.807, 2.05) is 30.3 Å². The molecule has 0 fully saturated rings. The van der Waals surface area contributed by atoms with Crippen LogP contribution in [0.4, 0.5) is 10.1 Å². The number of hydrogen-bond acceptors (Lipinski definition) is 6. The van der Waals surface area contributed by atoms with E-state index >= 15 is 0 Å². The lowest BCUT2D eigenvalue weighted by Gasteiger charge is -2.32. The van der Waals surface area contributed by atoms with E-state index < -0.39 is 34.3 Å². The highest BCUT2D eigenvalue weighted by Gasteiger charge is 2.32. The third-order valence-corrected chi connectivity index (χ3v) is 8.11. The molecule has 0 saturated heterocycles. The summed E-state index contributed by atoms with van der Waals surface area (Å²) in [4.78, 5) is 27.7. The molecule has 0 bridgehead atoms. The van der Waals surface area contributed by atoms with Crippen molar-refractivity contribution in [3.63, 3.8) is 0 Å². The van der Waals surface area contributed by atoms with Crippen LogP contribution in [0.2, 0.25) is 0 Å². The number of ether oxygens (including phenoxy) is 2. The first-order chi connectivity index (χ1) is 19.1. The van der Waals surface area contributed by atoms with Gasteiger partial charge >= 0.3 is 0 Å². The van der Waals surface area contributed by atoms with E-state index in [4.69, 9.17) is 9.47 Å². The number of sulfonamides is 1. The fraction of sp³-hybridized carbons (Fsp3) is 0.310. The average Bonchev–Trinajstić information content (AvgIpc) is 2.96. The van der Waals surface area contributed by atoms with E-state index in [0.29, 0.717) is 18.7 Å². The molecule has 0 spiro atoms. The Morgan fingerprint density at radius 3 is 2.20 bits per heavy atom. The summed E-state index contributed by atoms with van der Waals surface area (Å²) in [5.74, 6) is -1.01. The first-order valence-electron chi connectivity index (χ1n) is 12.7. The van der Waals surface area contributed by atoms with Crippen molar-refractivity contribution in [1.82, 2.24) is 10.2 Å². The summed E-state index contributed by atoms with van der Waals surface area (Å²) in [6, 6.07) is 17.4. The molecule has 3 rings (SSSR count). The van der Waals surface area contributed by atoms with Gasteiger partial charge < -0.3 is 19.7 Å². The molecule has 0 saturated carbocycles. The van der Waals surface area contributed by atoms with Crippen LogP contribution in [0.15, 0.2) is 77.7 Å². The Morgan fingerprint density at radius 1 is 0.950 bits per heavy atom. The van der Waals surface area contributed by atoms with Gasteiger partial charge in [0, 0.05) is 19.2 Å². The Hall–Kier alpha value is -4.12. The van der Waals surface area contributed by atoms with Gasteiger partial charge in [0.1, 0.15) is 18.4 Å². The maximum absolute atomic E-state index is 13.9. The number of hydrogen-bond donors (Lipinski definition) is 1. The minimum Gasteiger partial charge on any atom is -0.493 e. The second-order valence-electron chi connectivity index (χ2n) is 8.90. The molecule has 0 aliphatic heterocycles. The van der Waals surface area contributed by atoms with Crippen LogP contribution < -0.4 is 19.1 Å². The summed E-state index contributed by atoms with van der Waals surface area (Å²) < 4.78 is 53.0. The van der Waals surface area contributed by atoms with Crippen LogP contribution >= 0.6 is 0 Å². The summed E-state index contributed by atoms with van der Waals surface area (Å²) in [5, 5.41) is 2.72. The Kier molecular flexibility index (Phi) is 10.5. The normalized spacial score (nSPS) is 11.8. The van der Waals surface area contributed by atoms with Crippen molar-refractivity contribution in [2.75, 3.05) is 38.2 Å². The Balaban J connectivity index is 2.01. The lowest BCUT2D eigenvalue weighted by atomic mass is 10.1. The molecule has 0 radical (unpaired) electrons. The number of carbonyl (C=O) groups excluding carboxylic acids is 2. The van der Waals surface area contributed by atoms with E-state index in [2.05, 4.69) is 5.32 Å². The van der Waals surface area contributed by atoms with E-state index in [0.717, 1.165) is 22.0 Å². The number of nitrogens with zero attached hydrogens (tertiary/aromatic N) is 2. The van der Waals surface area contributed by atoms with Crippen molar-refractivity contribution in [3.05, 3.63) is 84.2 Å². The predicted octanol–water partition coefficient (Wildman–Crippen LogP) is 3.63. The van der Waals surface area contributed by atoms with Crippen LogP contribution in [0.1, 0.15) is 19.4 Å². The van der Waals surface area contributed by atoms with Crippen LogP contribution in [0.25, 0.3) is 0 Å². The van der Waals surface area contributed by atoms with E-state index in [1.165, 1.54) is 49.5 Å². The summed E-state index contributed by atoms with van der Waals surface area (Å²) in [6.07, 6.45) is 0.454. The van der Waals surface area contributed by atoms with Gasteiger partial charge in [0.05, 0.1) is 24.8 Å². The Morgan fingerprint density at radius 2 is 1.60 bits per heavy atom. The summed E-state index contributed by atoms with van der Waals surface area (Å²) >= 11 is 0.